The van der Waals surface area contributed by atoms with E-state index in [0.717, 1.165) is 0 Å². The molecule has 0 saturated heterocycles. The summed E-state index contributed by atoms with van der Waals surface area (Å²) in [5.41, 5.74) is 4.40. The Morgan fingerprint density at radius 1 is 0.619 bits per heavy atom. The predicted molar refractivity (Wildman–Crippen MR) is 84.0 cm³/mol. The first kappa shape index (κ1) is 12.4. The minimum atomic E-state index is -0.487. The van der Waals surface area contributed by atoms with Gasteiger partial charge in [0.1, 0.15) is 5.60 Å². The van der Waals surface area contributed by atoms with E-state index in [-0.39, 0.29) is 0 Å². The molecule has 1 aliphatic heterocycles. The molecule has 0 radical (unpaired) electrons. The second-order valence-corrected chi connectivity index (χ2v) is 5.36. The fraction of sp³-hybridized carbons (Fsp3) is 0.100. The molecule has 0 aromatic heterocycles. The van der Waals surface area contributed by atoms with Crippen LogP contribution in [0, 0.1) is 0 Å². The van der Waals surface area contributed by atoms with Gasteiger partial charge in [-0.3, -0.25) is 0 Å². The van der Waals surface area contributed by atoms with E-state index in [4.69, 9.17) is 4.74 Å². The van der Waals surface area contributed by atoms with Gasteiger partial charge in [0.05, 0.1) is 6.61 Å². The Balaban J connectivity index is 2.02. The van der Waals surface area contributed by atoms with E-state index in [1.807, 2.05) is 12.1 Å². The van der Waals surface area contributed by atoms with Crippen LogP contribution in [0.15, 0.2) is 84.9 Å². The van der Waals surface area contributed by atoms with Crippen LogP contribution >= 0.6 is 0 Å². The molecule has 1 aliphatic rings. The molecule has 3 aromatic carbocycles. The third-order valence-corrected chi connectivity index (χ3v) is 4.20. The van der Waals surface area contributed by atoms with Crippen molar-refractivity contribution >= 4 is 0 Å². The molecule has 0 amide bonds. The van der Waals surface area contributed by atoms with Crippen LogP contribution in [-0.4, -0.2) is 0 Å². The minimum absolute atomic E-state index is 0.487. The summed E-state index contributed by atoms with van der Waals surface area (Å²) in [6, 6.07) is 29.5. The Hall–Kier alpha value is -2.38. The Morgan fingerprint density at radius 3 is 1.76 bits per heavy atom. The molecule has 0 unspecified atom stereocenters. The highest BCUT2D eigenvalue weighted by Crippen LogP contribution is 2.46. The summed E-state index contributed by atoms with van der Waals surface area (Å²) in [5, 5.41) is 0. The molecule has 21 heavy (non-hydrogen) atoms. The number of ether oxygens (including phenoxy) is 1. The van der Waals surface area contributed by atoms with Crippen LogP contribution in [0.5, 0.6) is 0 Å². The Morgan fingerprint density at radius 2 is 1.14 bits per heavy atom. The minimum Gasteiger partial charge on any atom is -0.356 e. The number of fused-ring (bicyclic) bond motifs is 1. The Bertz CT molecular complexity index is 708. The van der Waals surface area contributed by atoms with Gasteiger partial charge >= 0.3 is 0 Å². The maximum atomic E-state index is 6.38. The highest BCUT2D eigenvalue weighted by atomic mass is 16.5. The van der Waals surface area contributed by atoms with Crippen molar-refractivity contribution in [1.29, 1.82) is 0 Å². The summed E-state index contributed by atoms with van der Waals surface area (Å²) in [6.07, 6.45) is 0. The summed E-state index contributed by atoms with van der Waals surface area (Å²) < 4.78 is 6.38. The highest BCUT2D eigenvalue weighted by Gasteiger charge is 2.42. The van der Waals surface area contributed by atoms with Crippen LogP contribution in [0.4, 0.5) is 0 Å². The number of rotatable bonds is 2. The lowest BCUT2D eigenvalue weighted by Crippen LogP contribution is -2.28. The zero-order valence-corrected chi connectivity index (χ0v) is 11.7. The summed E-state index contributed by atoms with van der Waals surface area (Å²) in [6.45, 7) is 0.653. The zero-order valence-electron chi connectivity index (χ0n) is 11.7. The molecule has 1 nitrogen and oxygen atoms in total. The first-order chi connectivity index (χ1) is 10.4. The van der Waals surface area contributed by atoms with Gasteiger partial charge in [-0.15, -0.1) is 0 Å². The number of benzene rings is 3. The summed E-state index contributed by atoms with van der Waals surface area (Å²) in [4.78, 5) is 0. The van der Waals surface area contributed by atoms with Crippen molar-refractivity contribution in [3.63, 3.8) is 0 Å². The van der Waals surface area contributed by atoms with Crippen LogP contribution in [0.25, 0.3) is 0 Å². The van der Waals surface area contributed by atoms with Gasteiger partial charge in [-0.05, 0) is 22.3 Å². The summed E-state index contributed by atoms with van der Waals surface area (Å²) in [7, 11) is 0. The third kappa shape index (κ3) is 1.82. The quantitative estimate of drug-likeness (QED) is 0.667. The van der Waals surface area contributed by atoms with Gasteiger partial charge in [0.25, 0.3) is 0 Å². The van der Waals surface area contributed by atoms with Crippen molar-refractivity contribution < 1.29 is 4.74 Å². The van der Waals surface area contributed by atoms with Crippen LogP contribution in [0.3, 0.4) is 0 Å². The largest absolute Gasteiger partial charge is 0.356 e. The number of hydrogen-bond acceptors (Lipinski definition) is 1. The molecule has 3 aromatic rings. The van der Waals surface area contributed by atoms with Gasteiger partial charge in [0, 0.05) is 0 Å². The van der Waals surface area contributed by atoms with Gasteiger partial charge in [0.2, 0.25) is 0 Å². The van der Waals surface area contributed by atoms with E-state index in [1.165, 1.54) is 22.3 Å². The molecule has 4 rings (SSSR count). The smallest absolute Gasteiger partial charge is 0.144 e. The van der Waals surface area contributed by atoms with Crippen molar-refractivity contribution in [2.45, 2.75) is 12.2 Å². The molecule has 1 heterocycles. The van der Waals surface area contributed by atoms with E-state index in [1.54, 1.807) is 0 Å². The molecule has 102 valence electrons. The summed E-state index contributed by atoms with van der Waals surface area (Å²) in [5.74, 6) is 0. The first-order valence-electron chi connectivity index (χ1n) is 7.25. The average Bonchev–Trinajstić information content (AvgIpc) is 2.97. The first-order valence-corrected chi connectivity index (χ1v) is 7.25. The van der Waals surface area contributed by atoms with E-state index in [9.17, 15) is 0 Å². The molecule has 0 fully saturated rings. The topological polar surface area (TPSA) is 9.23 Å². The maximum absolute atomic E-state index is 6.38. The lowest BCUT2D eigenvalue weighted by atomic mass is 9.80. The second-order valence-electron chi connectivity index (χ2n) is 5.36. The van der Waals surface area contributed by atoms with E-state index in [2.05, 4.69) is 72.8 Å². The van der Waals surface area contributed by atoms with E-state index < -0.39 is 5.60 Å². The van der Waals surface area contributed by atoms with Crippen molar-refractivity contribution in [3.8, 4) is 0 Å². The van der Waals surface area contributed by atoms with Crippen LogP contribution in [-0.2, 0) is 16.9 Å². The molecule has 0 saturated carbocycles. The SMILES string of the molecule is c1ccc(C2(c3ccccc3)OCc3ccccc32)cc1. The fourth-order valence-electron chi connectivity index (χ4n) is 3.24. The van der Waals surface area contributed by atoms with Crippen molar-refractivity contribution in [2.75, 3.05) is 0 Å². The van der Waals surface area contributed by atoms with Crippen molar-refractivity contribution in [1.82, 2.24) is 0 Å². The molecular weight excluding hydrogens is 256 g/mol. The van der Waals surface area contributed by atoms with E-state index in [0.29, 0.717) is 6.61 Å². The number of hydrogen-bond donors (Lipinski definition) is 0. The molecule has 0 aliphatic carbocycles. The third-order valence-electron chi connectivity index (χ3n) is 4.20. The standard InChI is InChI=1S/C20H16O/c1-3-10-17(11-4-1)20(18-12-5-2-6-13-18)19-14-8-7-9-16(19)15-21-20/h1-14H,15H2. The van der Waals surface area contributed by atoms with Crippen LogP contribution in [0.1, 0.15) is 22.3 Å². The molecule has 0 N–H and O–H groups in total. The van der Waals surface area contributed by atoms with Gasteiger partial charge in [-0.1, -0.05) is 84.9 Å². The Labute approximate surface area is 124 Å². The van der Waals surface area contributed by atoms with Gasteiger partial charge in [-0.25, -0.2) is 0 Å². The molecule has 1 heteroatoms. The van der Waals surface area contributed by atoms with Crippen molar-refractivity contribution in [2.24, 2.45) is 0 Å². The zero-order chi connectivity index (χ0) is 14.1. The lowest BCUT2D eigenvalue weighted by Gasteiger charge is -2.31. The normalized spacial score (nSPS) is 15.6. The fourth-order valence-corrected chi connectivity index (χ4v) is 3.24. The highest BCUT2D eigenvalue weighted by molar-refractivity contribution is 5.52. The molecule has 0 spiro atoms. The summed E-state index contributed by atoms with van der Waals surface area (Å²) >= 11 is 0. The van der Waals surface area contributed by atoms with Crippen molar-refractivity contribution in [3.05, 3.63) is 107 Å². The second kappa shape index (κ2) is 4.87. The molecule has 0 bridgehead atoms. The molecular formula is C20H16O. The molecule has 0 atom stereocenters. The van der Waals surface area contributed by atoms with Gasteiger partial charge < -0.3 is 4.74 Å². The average molecular weight is 272 g/mol. The van der Waals surface area contributed by atoms with Crippen LogP contribution < -0.4 is 0 Å². The maximum Gasteiger partial charge on any atom is 0.144 e. The van der Waals surface area contributed by atoms with Crippen LogP contribution in [0.2, 0.25) is 0 Å². The van der Waals surface area contributed by atoms with E-state index >= 15 is 0 Å². The lowest BCUT2D eigenvalue weighted by molar-refractivity contribution is 0.0268. The van der Waals surface area contributed by atoms with Gasteiger partial charge in [-0.2, -0.15) is 0 Å². The predicted octanol–water partition coefficient (Wildman–Crippen LogP) is 4.51. The monoisotopic (exact) mass is 272 g/mol. The Kier molecular flexibility index (Phi) is 2.87. The van der Waals surface area contributed by atoms with Gasteiger partial charge in [0.15, 0.2) is 0 Å².